The SMILES string of the molecule is CCCCCCCCCCCCCCCCCC[OH2+].[Cl-]. The first-order valence-electron chi connectivity index (χ1n) is 9.06. The van der Waals surface area contributed by atoms with Crippen molar-refractivity contribution >= 4 is 0 Å². The Bertz CT molecular complexity index is 134. The van der Waals surface area contributed by atoms with E-state index >= 15 is 0 Å². The van der Waals surface area contributed by atoms with E-state index in [1.165, 1.54) is 96.3 Å². The zero-order valence-electron chi connectivity index (χ0n) is 13.9. The number of hydrogen-bond acceptors (Lipinski definition) is 0. The highest BCUT2D eigenvalue weighted by molar-refractivity contribution is 4.49. The van der Waals surface area contributed by atoms with E-state index in [4.69, 9.17) is 5.11 Å². The Hall–Kier alpha value is 0.250. The van der Waals surface area contributed by atoms with Crippen molar-refractivity contribution in [1.29, 1.82) is 0 Å². The lowest BCUT2D eigenvalue weighted by molar-refractivity contribution is -0.00000540. The molecule has 0 aromatic carbocycles. The maximum absolute atomic E-state index is 7.08. The van der Waals surface area contributed by atoms with Crippen molar-refractivity contribution in [2.45, 2.75) is 110 Å². The van der Waals surface area contributed by atoms with Crippen molar-refractivity contribution in [3.05, 3.63) is 0 Å². The Balaban J connectivity index is 0. The van der Waals surface area contributed by atoms with E-state index in [1.54, 1.807) is 0 Å². The van der Waals surface area contributed by atoms with E-state index in [0.29, 0.717) is 6.61 Å². The van der Waals surface area contributed by atoms with Crippen molar-refractivity contribution in [3.8, 4) is 0 Å². The first kappa shape index (κ1) is 22.5. The number of halogens is 1. The Morgan fingerprint density at radius 3 is 0.950 bits per heavy atom. The largest absolute Gasteiger partial charge is 1.00 e. The van der Waals surface area contributed by atoms with E-state index in [9.17, 15) is 0 Å². The summed E-state index contributed by atoms with van der Waals surface area (Å²) in [5.74, 6) is 0. The maximum atomic E-state index is 7.08. The lowest BCUT2D eigenvalue weighted by Crippen LogP contribution is -3.00. The minimum absolute atomic E-state index is 0. The predicted octanol–water partition coefficient (Wildman–Crippen LogP) is 2.98. The van der Waals surface area contributed by atoms with Gasteiger partial charge in [-0.1, -0.05) is 96.8 Å². The van der Waals surface area contributed by atoms with E-state index < -0.39 is 0 Å². The standard InChI is InChI=1S/C18H38O.ClH/c1-2-3-4-5-6-7-8-9-10-11-12-13-14-15-16-17-18-19;/h19H,2-18H2,1H3;1H. The van der Waals surface area contributed by atoms with Crippen LogP contribution in [0.25, 0.3) is 0 Å². The highest BCUT2D eigenvalue weighted by Crippen LogP contribution is 2.13. The molecular weight excluding hydrogens is 268 g/mol. The zero-order chi connectivity index (χ0) is 14.0. The molecule has 0 aliphatic heterocycles. The van der Waals surface area contributed by atoms with Crippen LogP contribution in [-0.4, -0.2) is 11.7 Å². The third kappa shape index (κ3) is 20.6. The van der Waals surface area contributed by atoms with Crippen molar-refractivity contribution in [3.63, 3.8) is 0 Å². The van der Waals surface area contributed by atoms with Gasteiger partial charge >= 0.3 is 0 Å². The first-order valence-corrected chi connectivity index (χ1v) is 9.06. The van der Waals surface area contributed by atoms with Gasteiger partial charge in [-0.25, -0.2) is 0 Å². The smallest absolute Gasteiger partial charge is 0.143 e. The van der Waals surface area contributed by atoms with Gasteiger partial charge in [-0.05, 0) is 6.42 Å². The quantitative estimate of drug-likeness (QED) is 0.309. The molecule has 0 aliphatic carbocycles. The average Bonchev–Trinajstić information content (AvgIpc) is 2.43. The summed E-state index contributed by atoms with van der Waals surface area (Å²) in [5.41, 5.74) is 0. The summed E-state index contributed by atoms with van der Waals surface area (Å²) >= 11 is 0. The van der Waals surface area contributed by atoms with Crippen LogP contribution in [0.2, 0.25) is 0 Å². The molecule has 0 bridgehead atoms. The fourth-order valence-corrected chi connectivity index (χ4v) is 2.67. The predicted molar refractivity (Wildman–Crippen MR) is 88.0 cm³/mol. The summed E-state index contributed by atoms with van der Waals surface area (Å²) in [6.07, 6.45) is 22.5. The van der Waals surface area contributed by atoms with Gasteiger partial charge in [0.15, 0.2) is 0 Å². The summed E-state index contributed by atoms with van der Waals surface area (Å²) in [6, 6.07) is 0. The third-order valence-corrected chi connectivity index (χ3v) is 4.03. The molecule has 0 aliphatic rings. The van der Waals surface area contributed by atoms with Gasteiger partial charge in [0, 0.05) is 6.42 Å². The maximum Gasteiger partial charge on any atom is 0.143 e. The molecule has 124 valence electrons. The van der Waals surface area contributed by atoms with Crippen LogP contribution >= 0.6 is 0 Å². The van der Waals surface area contributed by atoms with Gasteiger partial charge < -0.3 is 17.5 Å². The van der Waals surface area contributed by atoms with Crippen LogP contribution < -0.4 is 12.4 Å². The minimum atomic E-state index is 0. The topological polar surface area (TPSA) is 22.9 Å². The van der Waals surface area contributed by atoms with Gasteiger partial charge in [0.25, 0.3) is 0 Å². The van der Waals surface area contributed by atoms with Gasteiger partial charge in [-0.3, -0.25) is 0 Å². The summed E-state index contributed by atoms with van der Waals surface area (Å²) in [4.78, 5) is 0. The van der Waals surface area contributed by atoms with Crippen LogP contribution in [0.5, 0.6) is 0 Å². The molecule has 2 N–H and O–H groups in total. The molecule has 0 aromatic heterocycles. The van der Waals surface area contributed by atoms with Crippen molar-refractivity contribution < 1.29 is 17.5 Å². The minimum Gasteiger partial charge on any atom is -1.00 e. The lowest BCUT2D eigenvalue weighted by Gasteiger charge is -2.03. The van der Waals surface area contributed by atoms with Gasteiger partial charge in [0.1, 0.15) is 6.61 Å². The third-order valence-electron chi connectivity index (χ3n) is 4.03. The van der Waals surface area contributed by atoms with Crippen LogP contribution in [0.3, 0.4) is 0 Å². The van der Waals surface area contributed by atoms with Crippen LogP contribution in [0, 0.1) is 0 Å². The monoisotopic (exact) mass is 306 g/mol. The molecule has 0 aromatic rings. The lowest BCUT2D eigenvalue weighted by atomic mass is 10.0. The second-order valence-electron chi connectivity index (χ2n) is 6.05. The fourth-order valence-electron chi connectivity index (χ4n) is 2.67. The van der Waals surface area contributed by atoms with Gasteiger partial charge in [0.05, 0.1) is 0 Å². The molecule has 20 heavy (non-hydrogen) atoms. The van der Waals surface area contributed by atoms with Crippen molar-refractivity contribution in [1.82, 2.24) is 0 Å². The Morgan fingerprint density at radius 1 is 0.450 bits per heavy atom. The highest BCUT2D eigenvalue weighted by atomic mass is 35.5. The molecule has 0 unspecified atom stereocenters. The van der Waals surface area contributed by atoms with Gasteiger partial charge in [0.2, 0.25) is 0 Å². The molecule has 0 atom stereocenters. The molecule has 0 heterocycles. The zero-order valence-corrected chi connectivity index (χ0v) is 14.7. The second kappa shape index (κ2) is 21.5. The van der Waals surface area contributed by atoms with Crippen molar-refractivity contribution in [2.75, 3.05) is 6.61 Å². The molecule has 0 saturated heterocycles. The van der Waals surface area contributed by atoms with Gasteiger partial charge in [-0.2, -0.15) is 0 Å². The summed E-state index contributed by atoms with van der Waals surface area (Å²) in [6.45, 7) is 2.91. The Labute approximate surface area is 134 Å². The van der Waals surface area contributed by atoms with E-state index in [-0.39, 0.29) is 12.4 Å². The van der Waals surface area contributed by atoms with Gasteiger partial charge in [-0.15, -0.1) is 0 Å². The summed E-state index contributed by atoms with van der Waals surface area (Å²) < 4.78 is 0. The number of rotatable bonds is 16. The van der Waals surface area contributed by atoms with Crippen LogP contribution in [0.1, 0.15) is 110 Å². The molecule has 2 heteroatoms. The molecule has 0 amide bonds. The second-order valence-corrected chi connectivity index (χ2v) is 6.05. The molecule has 0 radical (unpaired) electrons. The Morgan fingerprint density at radius 2 is 0.700 bits per heavy atom. The van der Waals surface area contributed by atoms with Crippen molar-refractivity contribution in [2.24, 2.45) is 0 Å². The normalized spacial score (nSPS) is 10.5. The van der Waals surface area contributed by atoms with Crippen LogP contribution in [-0.2, 0) is 0 Å². The highest BCUT2D eigenvalue weighted by Gasteiger charge is 1.94. The average molecular weight is 307 g/mol. The van der Waals surface area contributed by atoms with E-state index in [1.807, 2.05) is 0 Å². The van der Waals surface area contributed by atoms with Crippen LogP contribution in [0.15, 0.2) is 0 Å². The molecular formula is C18H39ClO. The molecule has 0 fully saturated rings. The molecule has 0 rings (SSSR count). The molecule has 1 nitrogen and oxygen atoms in total. The summed E-state index contributed by atoms with van der Waals surface area (Å²) in [7, 11) is 0. The molecule has 0 spiro atoms. The molecule has 0 saturated carbocycles. The van der Waals surface area contributed by atoms with E-state index in [0.717, 1.165) is 6.42 Å². The number of hydrogen-bond donors (Lipinski definition) is 0. The first-order chi connectivity index (χ1) is 9.41. The van der Waals surface area contributed by atoms with Crippen LogP contribution in [0.4, 0.5) is 0 Å². The Kier molecular flexibility index (Phi) is 24.3. The number of unbranched alkanes of at least 4 members (excludes halogenated alkanes) is 15. The fraction of sp³-hybridized carbons (Fsp3) is 1.00. The van der Waals surface area contributed by atoms with E-state index in [2.05, 4.69) is 6.92 Å². The summed E-state index contributed by atoms with van der Waals surface area (Å²) in [5, 5.41) is 7.08.